The van der Waals surface area contributed by atoms with Crippen molar-refractivity contribution in [3.63, 3.8) is 0 Å². The Morgan fingerprint density at radius 2 is 0.905 bits per heavy atom. The average Bonchev–Trinajstić information content (AvgIpc) is 1.58. The first-order valence-corrected chi connectivity index (χ1v) is 40.7. The third-order valence-corrected chi connectivity index (χ3v) is 21.8. The number of quaternary nitrogens is 1. The number of alkyl carbamates (subject to hydrolysis) is 1. The maximum absolute atomic E-state index is 14.5. The van der Waals surface area contributed by atoms with E-state index in [1.54, 1.807) is 111 Å². The SMILES string of the molecule is CC[C@H](C)[C@H]1NC(=O)[C@@H](NC(=O)OC(C)(C)C)[C@@H](C)OC(=O)[C@H](Cc2ccc(OC)cc2)N(C)C(=O)[C@@H]2CCCN2C(=O)[C@H](CC(C)C)NC(=O)[C@H](C(C)C)NC(=O)C[C@@H]1O.CC[C@H](C)[C@H]1NC(=O)[C@@H]([NH3+])[C@@H](C)OC(=O)[C@H](Cc2ccc(OC)cc2)N(C)C(=O)[C@@H]2CCCN2C(=O)[C@H](CC(C)C)NC(=O)[C@H](C(C)C)NC(=O)C[C@@H]1O.[Cl-]. The molecule has 4 aliphatic rings. The Morgan fingerprint density at radius 1 is 0.543 bits per heavy atom. The summed E-state index contributed by atoms with van der Waals surface area (Å²) < 4.78 is 27.9. The molecule has 0 bridgehead atoms. The molecule has 2 aromatic rings. The molecule has 4 aliphatic heterocycles. The van der Waals surface area contributed by atoms with Crippen molar-refractivity contribution in [2.24, 2.45) is 35.5 Å². The highest BCUT2D eigenvalue weighted by Gasteiger charge is 2.47. The van der Waals surface area contributed by atoms with Crippen molar-refractivity contribution >= 4 is 77.1 Å². The number of amides is 11. The number of halogens is 1. The van der Waals surface area contributed by atoms with Crippen LogP contribution in [0.4, 0.5) is 4.79 Å². The Labute approximate surface area is 690 Å². The van der Waals surface area contributed by atoms with Gasteiger partial charge in [-0.1, -0.05) is 120 Å². The van der Waals surface area contributed by atoms with E-state index in [-0.39, 0.29) is 74.9 Å². The lowest BCUT2D eigenvalue weighted by Crippen LogP contribution is -3.00. The van der Waals surface area contributed by atoms with Gasteiger partial charge in [0.1, 0.15) is 77.6 Å². The van der Waals surface area contributed by atoms with E-state index in [1.165, 1.54) is 54.7 Å². The lowest BCUT2D eigenvalue weighted by atomic mass is 9.91. The van der Waals surface area contributed by atoms with Gasteiger partial charge in [0.15, 0.2) is 6.10 Å². The normalized spacial score (nSPS) is 28.0. The first kappa shape index (κ1) is 99.5. The van der Waals surface area contributed by atoms with E-state index in [2.05, 4.69) is 43.0 Å². The van der Waals surface area contributed by atoms with Gasteiger partial charge in [-0.25, -0.2) is 14.4 Å². The van der Waals surface area contributed by atoms with Crippen LogP contribution in [0.1, 0.15) is 193 Å². The van der Waals surface area contributed by atoms with Crippen molar-refractivity contribution in [1.82, 2.24) is 56.8 Å². The minimum atomic E-state index is -1.57. The molecule has 0 saturated carbocycles. The average molecular weight is 1650 g/mol. The quantitative estimate of drug-likeness (QED) is 0.0758. The molecule has 0 spiro atoms. The zero-order valence-corrected chi connectivity index (χ0v) is 72.6. The number of nitrogens with zero attached hydrogens (tertiary/aromatic N) is 4. The number of hydrogen-bond donors (Lipinski definition) is 10. The fraction of sp³-hybridized carbons (Fsp3) is 0.699. The minimum Gasteiger partial charge on any atom is -1.00 e. The standard InChI is InChI=1S/C44H70N6O11.C39H62N6O9.ClH/c1-13-26(6)36-33(51)23-34(52)46-35(25(4)5)38(53)45-30(21-24(2)3)40(55)50-20-14-15-31(50)41(56)49(11)32(22-28-16-18-29(59-12)19-17-28)42(57)60-27(7)37(39(54)47-36)48-43(58)61-44(8,9)10;1-10-23(6)34-30(46)20-31(47)42-33(22(4)5)36(49)41-27(18-21(2)3)37(50)45-17-11-12-28(45)38(51)44(8)29(19-25-13-15-26(53-9)16-14-25)39(52)54-24(7)32(40)35(48)43-34;/h16-19,24-27,30-33,35-37,51H,13-15,20-23H2,1-12H3,(H,45,53)(H,46,52)(H,47,54)(H,48,58);13-16,21-24,27-30,32-34,46H,10-12,17-20,40H2,1-9H3,(H,41,49)(H,42,47)(H,43,48);1H/t26-,27+,30-,31-,32-,33-,35-,36+,37-;23-,24+,27-,28-,29-,30-,32-,33-,34+;/m00./s1. The lowest BCUT2D eigenvalue weighted by Gasteiger charge is -2.35. The Balaban J connectivity index is 0.000000488. The summed E-state index contributed by atoms with van der Waals surface area (Å²) in [4.78, 5) is 187. The highest BCUT2D eigenvalue weighted by Crippen LogP contribution is 2.29. The molecule has 4 heterocycles. The largest absolute Gasteiger partial charge is 1.00 e. The second-order valence-corrected chi connectivity index (χ2v) is 33.8. The molecule has 652 valence electrons. The van der Waals surface area contributed by atoms with Gasteiger partial charge in [-0.15, -0.1) is 0 Å². The van der Waals surface area contributed by atoms with Gasteiger partial charge in [0, 0.05) is 40.0 Å². The number of esters is 2. The van der Waals surface area contributed by atoms with Crippen molar-refractivity contribution in [1.29, 1.82) is 0 Å². The van der Waals surface area contributed by atoms with E-state index in [1.807, 2.05) is 48.5 Å². The van der Waals surface area contributed by atoms with Crippen LogP contribution in [-0.4, -0.2) is 251 Å². The van der Waals surface area contributed by atoms with Gasteiger partial charge in [-0.05, 0) is 144 Å². The third kappa shape index (κ3) is 28.5. The molecule has 4 saturated heterocycles. The maximum Gasteiger partial charge on any atom is 0.408 e. The topological polar surface area (TPSA) is 433 Å². The predicted molar refractivity (Wildman–Crippen MR) is 427 cm³/mol. The maximum atomic E-state index is 14.5. The fourth-order valence-electron chi connectivity index (χ4n) is 14.5. The van der Waals surface area contributed by atoms with E-state index in [4.69, 9.17) is 23.7 Å². The summed E-state index contributed by atoms with van der Waals surface area (Å²) in [6.45, 7) is 30.3. The van der Waals surface area contributed by atoms with E-state index in [0.717, 1.165) is 0 Å². The van der Waals surface area contributed by atoms with Gasteiger partial charge >= 0.3 is 18.0 Å². The van der Waals surface area contributed by atoms with Gasteiger partial charge in [0.05, 0.1) is 51.4 Å². The van der Waals surface area contributed by atoms with Gasteiger partial charge in [-0.3, -0.25) is 47.9 Å². The summed E-state index contributed by atoms with van der Waals surface area (Å²) in [5.74, 6) is -7.82. The lowest BCUT2D eigenvalue weighted by molar-refractivity contribution is -0.419. The summed E-state index contributed by atoms with van der Waals surface area (Å²) in [5, 5.41) is 42.1. The van der Waals surface area contributed by atoms with Crippen LogP contribution in [0, 0.1) is 35.5 Å². The van der Waals surface area contributed by atoms with E-state index < -0.39 is 204 Å². The molecule has 12 N–H and O–H groups in total. The number of methoxy groups -OCH3 is 2. The van der Waals surface area contributed by atoms with Crippen molar-refractivity contribution in [2.45, 2.75) is 297 Å². The van der Waals surface area contributed by atoms with E-state index in [9.17, 15) is 72.5 Å². The number of hydrogen-bond acceptors (Lipinski definition) is 20. The molecular formula is C83H133ClN12O20. The second kappa shape index (κ2) is 45.7. The summed E-state index contributed by atoms with van der Waals surface area (Å²) in [7, 11) is 6.00. The fourth-order valence-corrected chi connectivity index (χ4v) is 14.5. The first-order valence-electron chi connectivity index (χ1n) is 40.7. The number of ether oxygens (including phenoxy) is 5. The summed E-state index contributed by atoms with van der Waals surface area (Å²) >= 11 is 0. The monoisotopic (exact) mass is 1650 g/mol. The first-order chi connectivity index (χ1) is 53.9. The number of rotatable bonds is 17. The Morgan fingerprint density at radius 3 is 1.24 bits per heavy atom. The molecular weight excluding hydrogens is 1520 g/mol. The van der Waals surface area contributed by atoms with Crippen LogP contribution in [-0.2, 0) is 84.6 Å². The van der Waals surface area contributed by atoms with Gasteiger partial charge < -0.3 is 109 Å². The predicted octanol–water partition coefficient (Wildman–Crippen LogP) is 0.417. The van der Waals surface area contributed by atoms with Crippen LogP contribution in [0.15, 0.2) is 48.5 Å². The third-order valence-electron chi connectivity index (χ3n) is 21.8. The number of aliphatic hydroxyl groups is 2. The molecule has 0 radical (unpaired) electrons. The minimum absolute atomic E-state index is 0. The number of cyclic esters (lactones) is 2. The summed E-state index contributed by atoms with van der Waals surface area (Å²) in [6, 6.07) is 0.881. The van der Waals surface area contributed by atoms with E-state index >= 15 is 0 Å². The van der Waals surface area contributed by atoms with Gasteiger partial charge in [-0.2, -0.15) is 0 Å². The number of nitrogens with one attached hydrogen (secondary N) is 7. The molecule has 0 aliphatic carbocycles. The number of benzene rings is 2. The van der Waals surface area contributed by atoms with Crippen LogP contribution >= 0.6 is 0 Å². The zero-order valence-electron chi connectivity index (χ0n) is 71.8. The number of aliphatic hydroxyl groups excluding tert-OH is 2. The molecule has 33 heteroatoms. The van der Waals surface area contributed by atoms with Crippen LogP contribution < -0.4 is 64.8 Å². The second-order valence-electron chi connectivity index (χ2n) is 33.8. The molecule has 0 unspecified atom stereocenters. The Kier molecular flexibility index (Phi) is 39.2. The van der Waals surface area contributed by atoms with Crippen LogP contribution in [0.2, 0.25) is 0 Å². The Hall–Kier alpha value is -8.88. The van der Waals surface area contributed by atoms with Crippen LogP contribution in [0.25, 0.3) is 0 Å². The molecule has 6 rings (SSSR count). The molecule has 2 aromatic carbocycles. The zero-order chi connectivity index (χ0) is 86.4. The summed E-state index contributed by atoms with van der Waals surface area (Å²) in [5.41, 5.74) is 4.36. The van der Waals surface area contributed by atoms with Crippen molar-refractivity contribution in [3.05, 3.63) is 59.7 Å². The molecule has 0 aromatic heterocycles. The number of fused-ring (bicyclic) bond motifs is 2. The number of carbonyl (C=O) groups is 13. The van der Waals surface area contributed by atoms with Crippen molar-refractivity contribution in [3.8, 4) is 11.5 Å². The van der Waals surface area contributed by atoms with Crippen LogP contribution in [0.5, 0.6) is 11.5 Å². The smallest absolute Gasteiger partial charge is 0.408 e. The molecule has 116 heavy (non-hydrogen) atoms. The highest BCUT2D eigenvalue weighted by atomic mass is 35.5. The van der Waals surface area contributed by atoms with Crippen molar-refractivity contribution in [2.75, 3.05) is 41.4 Å². The van der Waals surface area contributed by atoms with Crippen molar-refractivity contribution < 1.29 is 114 Å². The molecule has 4 fully saturated rings. The van der Waals surface area contributed by atoms with Crippen LogP contribution in [0.3, 0.4) is 0 Å². The number of carbonyl (C=O) groups excluding carboxylic acids is 13. The van der Waals surface area contributed by atoms with Gasteiger partial charge in [0.25, 0.3) is 5.91 Å². The molecule has 11 amide bonds. The molecule has 32 nitrogen and oxygen atoms in total. The van der Waals surface area contributed by atoms with Gasteiger partial charge in [0.2, 0.25) is 59.2 Å². The highest BCUT2D eigenvalue weighted by molar-refractivity contribution is 5.98. The number of likely N-dealkylation sites (N-methyl/N-ethyl adjacent to an activating group) is 2. The summed E-state index contributed by atoms with van der Waals surface area (Å²) in [6.07, 6.45) is -3.84. The Bertz CT molecular complexity index is 3640. The van der Waals surface area contributed by atoms with E-state index in [0.29, 0.717) is 61.2 Å². The molecule has 18 atom stereocenters.